The molecular weight excluding hydrogens is 497 g/mol. The van der Waals surface area contributed by atoms with E-state index in [1.807, 2.05) is 29.7 Å². The maximum Gasteiger partial charge on any atom is 0.340 e. The fraction of sp³-hybridized carbons (Fsp3) is 0.294. The second-order valence-electron chi connectivity index (χ2n) is 5.50. The van der Waals surface area contributed by atoms with Gasteiger partial charge in [-0.25, -0.2) is 13.8 Å². The van der Waals surface area contributed by atoms with Gasteiger partial charge < -0.3 is 4.74 Å². The molecule has 3 aromatic heterocycles. The molecule has 10 heteroatoms. The monoisotopic (exact) mass is 511 g/mol. The summed E-state index contributed by atoms with van der Waals surface area (Å²) in [5, 5.41) is 0.913. The van der Waals surface area contributed by atoms with Crippen LogP contribution in [0.15, 0.2) is 41.7 Å². The van der Waals surface area contributed by atoms with Crippen LogP contribution >= 0.6 is 34.4 Å². The number of thioether (sulfide) groups is 1. The normalized spacial score (nSPS) is 12.1. The Kier molecular flexibility index (Phi) is 6.14. The summed E-state index contributed by atoms with van der Waals surface area (Å²) in [6.45, 7) is 0.616. The Morgan fingerprint density at radius 2 is 2.04 bits per heavy atom. The molecule has 144 valence electrons. The summed E-state index contributed by atoms with van der Waals surface area (Å²) in [6.07, 6.45) is -0.585. The van der Waals surface area contributed by atoms with Crippen molar-refractivity contribution >= 4 is 40.0 Å². The molecule has 4 nitrogen and oxygen atoms in total. The van der Waals surface area contributed by atoms with E-state index in [1.54, 1.807) is 17.8 Å². The maximum atomic E-state index is 13.0. The number of alkyl halides is 4. The van der Waals surface area contributed by atoms with Crippen molar-refractivity contribution < 1.29 is 22.3 Å². The minimum Gasteiger partial charge on any atom is -0.485 e. The lowest BCUT2D eigenvalue weighted by atomic mass is 10.3. The fourth-order valence-electron chi connectivity index (χ4n) is 2.29. The minimum absolute atomic E-state index is 0.0120. The lowest BCUT2D eigenvalue weighted by Crippen LogP contribution is -2.33. The van der Waals surface area contributed by atoms with Gasteiger partial charge in [0.15, 0.2) is 6.61 Å². The van der Waals surface area contributed by atoms with E-state index in [-0.39, 0.29) is 5.75 Å². The predicted octanol–water partition coefficient (Wildman–Crippen LogP) is 5.39. The number of imidazole rings is 1. The maximum absolute atomic E-state index is 13.0. The fourth-order valence-corrected chi connectivity index (χ4v) is 3.59. The Morgan fingerprint density at radius 3 is 2.67 bits per heavy atom. The standard InChI is InChI=1S/C17H14F4IN3OS/c1-2-27-15-14(24-13-6-3-10(22)8-25(13)15)12-5-4-11(7-23-12)26-9-17(20,21)16(18)19/h3-8,16H,2,9H2,1H3. The molecule has 0 aromatic carbocycles. The average Bonchev–Trinajstić information content (AvgIpc) is 2.98. The largest absolute Gasteiger partial charge is 0.485 e. The van der Waals surface area contributed by atoms with Crippen molar-refractivity contribution in [2.45, 2.75) is 24.3 Å². The number of aromatic nitrogens is 3. The molecular formula is C17H14F4IN3OS. The number of pyridine rings is 2. The molecule has 3 heterocycles. The Morgan fingerprint density at radius 1 is 1.26 bits per heavy atom. The Bertz CT molecular complexity index is 934. The van der Waals surface area contributed by atoms with E-state index in [4.69, 9.17) is 4.74 Å². The van der Waals surface area contributed by atoms with Crippen molar-refractivity contribution in [1.29, 1.82) is 0 Å². The molecule has 3 rings (SSSR count). The average molecular weight is 511 g/mol. The van der Waals surface area contributed by atoms with Crippen LogP contribution in [0, 0.1) is 3.57 Å². The number of rotatable bonds is 7. The number of fused-ring (bicyclic) bond motifs is 1. The highest BCUT2D eigenvalue weighted by Crippen LogP contribution is 2.32. The van der Waals surface area contributed by atoms with Gasteiger partial charge in [-0.15, -0.1) is 11.8 Å². The number of halogens is 5. The van der Waals surface area contributed by atoms with Gasteiger partial charge in [0.25, 0.3) is 0 Å². The molecule has 0 bridgehead atoms. The van der Waals surface area contributed by atoms with Crippen molar-refractivity contribution in [3.05, 3.63) is 40.2 Å². The van der Waals surface area contributed by atoms with Crippen molar-refractivity contribution in [2.75, 3.05) is 12.4 Å². The highest BCUT2D eigenvalue weighted by atomic mass is 127. The third-order valence-corrected chi connectivity index (χ3v) is 5.14. The van der Waals surface area contributed by atoms with Crippen LogP contribution in [0.1, 0.15) is 6.92 Å². The van der Waals surface area contributed by atoms with Crippen LogP contribution in [0.3, 0.4) is 0 Å². The zero-order chi connectivity index (χ0) is 19.6. The summed E-state index contributed by atoms with van der Waals surface area (Å²) in [7, 11) is 0. The summed E-state index contributed by atoms with van der Waals surface area (Å²) in [5.74, 6) is -3.39. The molecule has 0 saturated carbocycles. The Balaban J connectivity index is 1.88. The third kappa shape index (κ3) is 4.48. The molecule has 0 atom stereocenters. The summed E-state index contributed by atoms with van der Waals surface area (Å²) in [4.78, 5) is 8.80. The first-order chi connectivity index (χ1) is 12.8. The van der Waals surface area contributed by atoms with Crippen LogP contribution in [0.4, 0.5) is 17.6 Å². The van der Waals surface area contributed by atoms with E-state index in [0.29, 0.717) is 11.4 Å². The van der Waals surface area contributed by atoms with E-state index < -0.39 is 19.0 Å². The molecule has 0 fully saturated rings. The van der Waals surface area contributed by atoms with E-state index in [9.17, 15) is 17.6 Å². The zero-order valence-electron chi connectivity index (χ0n) is 14.0. The van der Waals surface area contributed by atoms with E-state index in [2.05, 4.69) is 32.6 Å². The van der Waals surface area contributed by atoms with Crippen LogP contribution in [0.2, 0.25) is 0 Å². The number of nitrogens with zero attached hydrogens (tertiary/aromatic N) is 3. The van der Waals surface area contributed by atoms with Gasteiger partial charge in [0, 0.05) is 9.77 Å². The summed E-state index contributed by atoms with van der Waals surface area (Å²) in [6, 6.07) is 6.83. The van der Waals surface area contributed by atoms with Crippen LogP contribution < -0.4 is 4.74 Å². The second-order valence-corrected chi connectivity index (χ2v) is 8.00. The van der Waals surface area contributed by atoms with Gasteiger partial charge >= 0.3 is 12.3 Å². The Hall–Kier alpha value is -1.56. The molecule has 0 radical (unpaired) electrons. The van der Waals surface area contributed by atoms with Gasteiger partial charge in [0.2, 0.25) is 0 Å². The molecule has 0 unspecified atom stereocenters. The quantitative estimate of drug-likeness (QED) is 0.242. The smallest absolute Gasteiger partial charge is 0.340 e. The topological polar surface area (TPSA) is 39.4 Å². The van der Waals surface area contributed by atoms with Crippen molar-refractivity contribution in [1.82, 2.24) is 14.4 Å². The van der Waals surface area contributed by atoms with Gasteiger partial charge in [-0.1, -0.05) is 6.92 Å². The lowest BCUT2D eigenvalue weighted by molar-refractivity contribution is -0.148. The molecule has 0 N–H and O–H groups in total. The van der Waals surface area contributed by atoms with Crippen LogP contribution in [-0.4, -0.2) is 39.1 Å². The van der Waals surface area contributed by atoms with E-state index in [0.717, 1.165) is 20.0 Å². The summed E-state index contributed by atoms with van der Waals surface area (Å²) < 4.78 is 58.1. The van der Waals surface area contributed by atoms with Gasteiger partial charge in [0.05, 0.1) is 11.9 Å². The van der Waals surface area contributed by atoms with Gasteiger partial charge in [-0.05, 0) is 52.6 Å². The number of ether oxygens (including phenoxy) is 1. The molecule has 0 aliphatic rings. The first-order valence-corrected chi connectivity index (χ1v) is 9.94. The van der Waals surface area contributed by atoms with E-state index in [1.165, 1.54) is 12.3 Å². The third-order valence-electron chi connectivity index (χ3n) is 3.55. The SMILES string of the molecule is CCSc1c(-c2ccc(OCC(F)(F)C(F)F)cn2)nc2ccc(I)cn12. The first-order valence-electron chi connectivity index (χ1n) is 7.87. The first kappa shape index (κ1) is 20.2. The summed E-state index contributed by atoms with van der Waals surface area (Å²) >= 11 is 3.82. The zero-order valence-corrected chi connectivity index (χ0v) is 17.0. The molecule has 0 aliphatic carbocycles. The summed E-state index contributed by atoms with van der Waals surface area (Å²) in [5.41, 5.74) is 1.96. The molecule has 0 aliphatic heterocycles. The molecule has 27 heavy (non-hydrogen) atoms. The van der Waals surface area contributed by atoms with Gasteiger partial charge in [-0.2, -0.15) is 8.78 Å². The molecule has 0 amide bonds. The van der Waals surface area contributed by atoms with Crippen LogP contribution in [0.25, 0.3) is 17.0 Å². The minimum atomic E-state index is -4.21. The number of hydrogen-bond acceptors (Lipinski definition) is 4. The molecule has 0 spiro atoms. The highest BCUT2D eigenvalue weighted by Gasteiger charge is 2.41. The van der Waals surface area contributed by atoms with Gasteiger partial charge in [0.1, 0.15) is 22.1 Å². The molecule has 3 aromatic rings. The van der Waals surface area contributed by atoms with Crippen molar-refractivity contribution in [2.24, 2.45) is 0 Å². The van der Waals surface area contributed by atoms with Crippen LogP contribution in [-0.2, 0) is 0 Å². The van der Waals surface area contributed by atoms with Crippen LogP contribution in [0.5, 0.6) is 5.75 Å². The predicted molar refractivity (Wildman–Crippen MR) is 104 cm³/mol. The number of hydrogen-bond donors (Lipinski definition) is 0. The second kappa shape index (κ2) is 8.21. The van der Waals surface area contributed by atoms with E-state index >= 15 is 0 Å². The van der Waals surface area contributed by atoms with Crippen molar-refractivity contribution in [3.63, 3.8) is 0 Å². The highest BCUT2D eigenvalue weighted by molar-refractivity contribution is 14.1. The molecule has 0 saturated heterocycles. The Labute approximate surface area is 170 Å². The van der Waals surface area contributed by atoms with Gasteiger partial charge in [-0.3, -0.25) is 9.38 Å². The lowest BCUT2D eigenvalue weighted by Gasteiger charge is -2.15. The van der Waals surface area contributed by atoms with Crippen molar-refractivity contribution in [3.8, 4) is 17.1 Å².